The van der Waals surface area contributed by atoms with Gasteiger partial charge in [0.25, 0.3) is 0 Å². The number of nitrogens with two attached hydrogens (primary N) is 2. The van der Waals surface area contributed by atoms with Crippen LogP contribution in [0, 0.1) is 5.41 Å². The molecule has 1 aromatic heterocycles. The smallest absolute Gasteiger partial charge is 0.0708 e. The second-order valence-electron chi connectivity index (χ2n) is 6.54. The van der Waals surface area contributed by atoms with Gasteiger partial charge in [-0.2, -0.15) is 0 Å². The third kappa shape index (κ3) is 4.16. The van der Waals surface area contributed by atoms with Gasteiger partial charge < -0.3 is 5.73 Å². The Bertz CT molecular complexity index is 1000. The molecule has 2 aromatic carbocycles. The Kier molecular flexibility index (Phi) is 6.29. The molecule has 0 radical (unpaired) electrons. The molecule has 3 rings (SSSR count). The molecule has 0 amide bonds. The van der Waals surface area contributed by atoms with Crippen molar-refractivity contribution in [3.8, 4) is 11.1 Å². The van der Waals surface area contributed by atoms with Gasteiger partial charge in [-0.15, -0.1) is 0 Å². The van der Waals surface area contributed by atoms with Gasteiger partial charge in [0.1, 0.15) is 0 Å². The third-order valence-corrected chi connectivity index (χ3v) is 5.23. The Hall–Kier alpha value is -2.89. The highest BCUT2D eigenvalue weighted by molar-refractivity contribution is 7.97. The summed E-state index contributed by atoms with van der Waals surface area (Å²) in [6.07, 6.45) is 4.27. The number of aryl methyl sites for hydroxylation is 1. The lowest BCUT2D eigenvalue weighted by molar-refractivity contribution is 1.14. The van der Waals surface area contributed by atoms with Crippen molar-refractivity contribution in [3.05, 3.63) is 89.4 Å². The summed E-state index contributed by atoms with van der Waals surface area (Å²) >= 11 is 1.25. The fourth-order valence-corrected chi connectivity index (χ4v) is 3.56. The van der Waals surface area contributed by atoms with E-state index in [2.05, 4.69) is 36.2 Å². The summed E-state index contributed by atoms with van der Waals surface area (Å²) < 4.78 is 0. The fourth-order valence-electron chi connectivity index (χ4n) is 3.27. The van der Waals surface area contributed by atoms with Crippen LogP contribution in [0.15, 0.2) is 77.6 Å². The summed E-state index contributed by atoms with van der Waals surface area (Å²) in [5, 5.41) is 14.3. The molecule has 0 saturated carbocycles. The van der Waals surface area contributed by atoms with Gasteiger partial charge in [-0.3, -0.25) is 15.5 Å². The predicted molar refractivity (Wildman–Crippen MR) is 119 cm³/mol. The van der Waals surface area contributed by atoms with E-state index in [1.54, 1.807) is 12.4 Å². The molecule has 0 aliphatic carbocycles. The number of benzene rings is 2. The van der Waals surface area contributed by atoms with E-state index in [-0.39, 0.29) is 0 Å². The zero-order chi connectivity index (χ0) is 20.1. The van der Waals surface area contributed by atoms with Crippen LogP contribution in [-0.4, -0.2) is 10.7 Å². The van der Waals surface area contributed by atoms with Gasteiger partial charge in [0.2, 0.25) is 0 Å². The molecule has 0 aliphatic rings. The minimum absolute atomic E-state index is 0.404. The van der Waals surface area contributed by atoms with Crippen molar-refractivity contribution in [2.24, 2.45) is 10.9 Å². The van der Waals surface area contributed by atoms with Crippen molar-refractivity contribution in [1.82, 2.24) is 4.98 Å². The van der Waals surface area contributed by atoms with E-state index in [1.165, 1.54) is 23.1 Å². The largest absolute Gasteiger partial charge is 0.402 e. The number of rotatable bonds is 6. The van der Waals surface area contributed by atoms with E-state index in [9.17, 15) is 0 Å². The van der Waals surface area contributed by atoms with Crippen LogP contribution in [-0.2, 0) is 6.42 Å². The quantitative estimate of drug-likeness (QED) is 0.408. The van der Waals surface area contributed by atoms with E-state index >= 15 is 0 Å². The molecule has 0 bridgehead atoms. The maximum absolute atomic E-state index is 8.67. The average Bonchev–Trinajstić information content (AvgIpc) is 2.74. The Balaban J connectivity index is 2.04. The number of nitrogens with one attached hydrogen (secondary N) is 1. The molecule has 0 saturated heterocycles. The first-order valence-corrected chi connectivity index (χ1v) is 9.99. The van der Waals surface area contributed by atoms with E-state index in [1.807, 2.05) is 37.3 Å². The number of allylic oxidation sites excluding steroid dienone is 2. The summed E-state index contributed by atoms with van der Waals surface area (Å²) in [5.41, 5.74) is 13.3. The van der Waals surface area contributed by atoms with Crippen LogP contribution < -0.4 is 10.9 Å². The topological polar surface area (TPSA) is 88.8 Å². The Morgan fingerprint density at radius 3 is 2.25 bits per heavy atom. The number of pyridine rings is 1. The van der Waals surface area contributed by atoms with Gasteiger partial charge >= 0.3 is 0 Å². The van der Waals surface area contributed by atoms with Gasteiger partial charge in [-0.1, -0.05) is 37.3 Å². The molecule has 0 unspecified atom stereocenters. The first-order chi connectivity index (χ1) is 13.5. The lowest BCUT2D eigenvalue weighted by Gasteiger charge is -2.16. The van der Waals surface area contributed by atoms with E-state index in [4.69, 9.17) is 16.3 Å². The van der Waals surface area contributed by atoms with Crippen LogP contribution in [0.5, 0.6) is 0 Å². The van der Waals surface area contributed by atoms with Gasteiger partial charge in [-0.05, 0) is 71.8 Å². The van der Waals surface area contributed by atoms with E-state index < -0.39 is 0 Å². The number of nitrogens with zero attached hydrogens (tertiary/aromatic N) is 1. The van der Waals surface area contributed by atoms with Crippen LogP contribution >= 0.6 is 11.9 Å². The normalized spacial score (nSPS) is 11.8. The average molecular weight is 389 g/mol. The van der Waals surface area contributed by atoms with E-state index in [0.717, 1.165) is 33.6 Å². The molecule has 4 nitrogen and oxygen atoms in total. The van der Waals surface area contributed by atoms with Gasteiger partial charge in [-0.25, -0.2) is 0 Å². The minimum Gasteiger partial charge on any atom is -0.402 e. The number of aromatic nitrogens is 1. The number of hydrogen-bond acceptors (Lipinski definition) is 5. The Labute approximate surface area is 170 Å². The maximum atomic E-state index is 8.67. The molecule has 0 spiro atoms. The monoisotopic (exact) mass is 388 g/mol. The minimum atomic E-state index is 0.404. The molecule has 3 aromatic rings. The standard InChI is InChI=1S/C23H24N4S/c1-3-16-14-19(6-9-21(16)17-4-7-20(28-26)8-5-17)22(15(2)24)23(25)18-10-12-27-13-11-18/h4-14,25H,3,24,26H2,1-2H3/b22-15-,25-23?. The highest BCUT2D eigenvalue weighted by atomic mass is 32.2. The molecule has 28 heavy (non-hydrogen) atoms. The second-order valence-corrected chi connectivity index (χ2v) is 7.24. The Morgan fingerprint density at radius 1 is 1.00 bits per heavy atom. The second kappa shape index (κ2) is 8.87. The highest BCUT2D eigenvalue weighted by Gasteiger charge is 2.15. The van der Waals surface area contributed by atoms with Crippen molar-refractivity contribution in [2.75, 3.05) is 0 Å². The summed E-state index contributed by atoms with van der Waals surface area (Å²) in [6.45, 7) is 3.98. The molecule has 5 N–H and O–H groups in total. The highest BCUT2D eigenvalue weighted by Crippen LogP contribution is 2.30. The van der Waals surface area contributed by atoms with Crippen molar-refractivity contribution >= 4 is 23.2 Å². The van der Waals surface area contributed by atoms with Crippen LogP contribution in [0.25, 0.3) is 16.7 Å². The summed E-state index contributed by atoms with van der Waals surface area (Å²) in [4.78, 5) is 5.07. The lowest BCUT2D eigenvalue weighted by atomic mass is 9.90. The van der Waals surface area contributed by atoms with Gasteiger partial charge in [0.05, 0.1) is 5.71 Å². The molecule has 1 heterocycles. The number of hydrogen-bond donors (Lipinski definition) is 3. The van der Waals surface area contributed by atoms with Crippen LogP contribution in [0.3, 0.4) is 0 Å². The third-order valence-electron chi connectivity index (χ3n) is 4.69. The van der Waals surface area contributed by atoms with Crippen LogP contribution in [0.4, 0.5) is 0 Å². The van der Waals surface area contributed by atoms with Crippen molar-refractivity contribution < 1.29 is 0 Å². The predicted octanol–water partition coefficient (Wildman–Crippen LogP) is 5.03. The van der Waals surface area contributed by atoms with Crippen molar-refractivity contribution in [3.63, 3.8) is 0 Å². The molecule has 0 atom stereocenters. The SMILES string of the molecule is CCc1cc(/C(C(=N)c2ccncc2)=C(\C)N)ccc1-c1ccc(SN)cc1. The molecule has 142 valence electrons. The molecule has 5 heteroatoms. The zero-order valence-corrected chi connectivity index (χ0v) is 16.9. The van der Waals surface area contributed by atoms with Gasteiger partial charge in [0.15, 0.2) is 0 Å². The Morgan fingerprint density at radius 2 is 1.68 bits per heavy atom. The van der Waals surface area contributed by atoms with Crippen molar-refractivity contribution in [1.29, 1.82) is 5.41 Å². The first-order valence-electron chi connectivity index (χ1n) is 9.11. The van der Waals surface area contributed by atoms with Crippen LogP contribution in [0.1, 0.15) is 30.5 Å². The summed E-state index contributed by atoms with van der Waals surface area (Å²) in [6, 6.07) is 18.2. The molecule has 0 aliphatic heterocycles. The van der Waals surface area contributed by atoms with Crippen molar-refractivity contribution in [2.45, 2.75) is 25.2 Å². The van der Waals surface area contributed by atoms with Crippen LogP contribution in [0.2, 0.25) is 0 Å². The lowest BCUT2D eigenvalue weighted by Crippen LogP contribution is -2.09. The maximum Gasteiger partial charge on any atom is 0.0708 e. The summed E-state index contributed by atoms with van der Waals surface area (Å²) in [7, 11) is 0. The van der Waals surface area contributed by atoms with Gasteiger partial charge in [0, 0.05) is 34.1 Å². The summed E-state index contributed by atoms with van der Waals surface area (Å²) in [5.74, 6) is 0. The van der Waals surface area contributed by atoms with E-state index in [0.29, 0.717) is 11.4 Å². The fraction of sp³-hybridized carbons (Fsp3) is 0.130. The molecular weight excluding hydrogens is 364 g/mol. The molecule has 0 fully saturated rings. The molecular formula is C23H24N4S. The zero-order valence-electron chi connectivity index (χ0n) is 16.1. The first kappa shape index (κ1) is 19.9.